The average Bonchev–Trinajstić information content (AvgIpc) is 2.78. The summed E-state index contributed by atoms with van der Waals surface area (Å²) in [6, 6.07) is 11.6. The number of nitrogens with zero attached hydrogens (tertiary/aromatic N) is 1. The lowest BCUT2D eigenvalue weighted by Gasteiger charge is -2.38. The van der Waals surface area contributed by atoms with Crippen LogP contribution in [0.25, 0.3) is 0 Å². The first kappa shape index (κ1) is 20.7. The van der Waals surface area contributed by atoms with Crippen LogP contribution < -0.4 is 14.4 Å². The number of anilines is 1. The summed E-state index contributed by atoms with van der Waals surface area (Å²) in [6.45, 7) is 0. The van der Waals surface area contributed by atoms with Crippen LogP contribution in [0.4, 0.5) is 5.69 Å². The van der Waals surface area contributed by atoms with Gasteiger partial charge >= 0.3 is 5.97 Å². The maximum atomic E-state index is 13.3. The zero-order valence-corrected chi connectivity index (χ0v) is 17.4. The van der Waals surface area contributed by atoms with Crippen LogP contribution in [-0.2, 0) is 9.59 Å². The molecule has 0 saturated carbocycles. The molecule has 0 fully saturated rings. The van der Waals surface area contributed by atoms with Crippen LogP contribution in [0, 0.1) is 0 Å². The van der Waals surface area contributed by atoms with Crippen LogP contribution in [-0.4, -0.2) is 37.0 Å². The third-order valence-corrected chi connectivity index (χ3v) is 5.86. The van der Waals surface area contributed by atoms with E-state index in [-0.39, 0.29) is 23.7 Å². The molecule has 1 heterocycles. The molecule has 7 nitrogen and oxygen atoms in total. The number of aromatic carboxylic acids is 1. The Balaban J connectivity index is 1.83. The number of amides is 1. The van der Waals surface area contributed by atoms with Crippen LogP contribution in [0.1, 0.15) is 47.5 Å². The summed E-state index contributed by atoms with van der Waals surface area (Å²) in [5.41, 5.74) is 2.82. The van der Waals surface area contributed by atoms with Crippen LogP contribution in [0.2, 0.25) is 0 Å². The fraction of sp³-hybridized carbons (Fsp3) is 0.292. The van der Waals surface area contributed by atoms with Gasteiger partial charge in [-0.3, -0.25) is 14.5 Å². The van der Waals surface area contributed by atoms with Crippen molar-refractivity contribution in [2.45, 2.75) is 31.6 Å². The van der Waals surface area contributed by atoms with E-state index in [0.717, 1.165) is 5.56 Å². The van der Waals surface area contributed by atoms with E-state index in [2.05, 4.69) is 0 Å². The third-order valence-electron chi connectivity index (χ3n) is 5.86. The van der Waals surface area contributed by atoms with Gasteiger partial charge in [0.2, 0.25) is 5.91 Å². The standard InChI is InChI=1S/C24H23NO6/c1-30-16-10-11-17(21(12-16)31-2)18-13-22(27)25(19-4-3-5-20(26)23(18)19)15-8-6-14(7-9-15)24(28)29/h6-12,18H,3-5,13H2,1-2H3,(H,28,29). The van der Waals surface area contributed by atoms with Gasteiger partial charge in [-0.15, -0.1) is 0 Å². The Kier molecular flexibility index (Phi) is 5.50. The van der Waals surface area contributed by atoms with Crippen LogP contribution in [0.5, 0.6) is 11.5 Å². The van der Waals surface area contributed by atoms with Crippen molar-refractivity contribution >= 4 is 23.3 Å². The van der Waals surface area contributed by atoms with Crippen molar-refractivity contribution in [3.63, 3.8) is 0 Å². The van der Waals surface area contributed by atoms with Gasteiger partial charge in [0.1, 0.15) is 11.5 Å². The Morgan fingerprint density at radius 2 is 1.77 bits per heavy atom. The molecule has 0 radical (unpaired) electrons. The van der Waals surface area contributed by atoms with Crippen molar-refractivity contribution in [3.05, 3.63) is 64.9 Å². The van der Waals surface area contributed by atoms with Crippen molar-refractivity contribution in [1.29, 1.82) is 0 Å². The number of carboxylic acids is 1. The summed E-state index contributed by atoms with van der Waals surface area (Å²) in [5.74, 6) is -0.335. The fourth-order valence-corrected chi connectivity index (χ4v) is 4.42. The number of rotatable bonds is 5. The summed E-state index contributed by atoms with van der Waals surface area (Å²) in [7, 11) is 3.12. The van der Waals surface area contributed by atoms with Gasteiger partial charge in [0.25, 0.3) is 0 Å². The summed E-state index contributed by atoms with van der Waals surface area (Å²) in [4.78, 5) is 39.1. The maximum absolute atomic E-state index is 13.3. The first-order valence-electron chi connectivity index (χ1n) is 10.1. The highest BCUT2D eigenvalue weighted by Crippen LogP contribution is 2.46. The van der Waals surface area contributed by atoms with Crippen molar-refractivity contribution in [3.8, 4) is 11.5 Å². The number of ether oxygens (including phenoxy) is 2. The van der Waals surface area contributed by atoms with E-state index in [0.29, 0.717) is 47.7 Å². The third kappa shape index (κ3) is 3.67. The van der Waals surface area contributed by atoms with Crippen molar-refractivity contribution < 1.29 is 29.0 Å². The lowest BCUT2D eigenvalue weighted by atomic mass is 9.76. The highest BCUT2D eigenvalue weighted by atomic mass is 16.5. The molecular formula is C24H23NO6. The normalized spacial score (nSPS) is 18.6. The number of methoxy groups -OCH3 is 2. The highest BCUT2D eigenvalue weighted by molar-refractivity contribution is 6.07. The van der Waals surface area contributed by atoms with E-state index < -0.39 is 11.9 Å². The van der Waals surface area contributed by atoms with Crippen LogP contribution >= 0.6 is 0 Å². The van der Waals surface area contributed by atoms with Gasteiger partial charge in [0.05, 0.1) is 19.8 Å². The van der Waals surface area contributed by atoms with Gasteiger partial charge in [0.15, 0.2) is 5.78 Å². The molecule has 0 saturated heterocycles. The van der Waals surface area contributed by atoms with E-state index in [1.54, 1.807) is 43.4 Å². The summed E-state index contributed by atoms with van der Waals surface area (Å²) in [5, 5.41) is 9.15. The van der Waals surface area contributed by atoms with Gasteiger partial charge in [-0.25, -0.2) is 4.79 Å². The van der Waals surface area contributed by atoms with Gasteiger partial charge < -0.3 is 14.6 Å². The molecule has 1 N–H and O–H groups in total. The van der Waals surface area contributed by atoms with E-state index in [4.69, 9.17) is 14.6 Å². The molecule has 31 heavy (non-hydrogen) atoms. The van der Waals surface area contributed by atoms with Crippen molar-refractivity contribution in [1.82, 2.24) is 0 Å². The van der Waals surface area contributed by atoms with E-state index >= 15 is 0 Å². The number of carboxylic acid groups (broad SMARTS) is 1. The molecule has 0 bridgehead atoms. The largest absolute Gasteiger partial charge is 0.497 e. The molecule has 4 rings (SSSR count). The topological polar surface area (TPSA) is 93.1 Å². The molecule has 0 spiro atoms. The average molecular weight is 421 g/mol. The van der Waals surface area contributed by atoms with Crippen LogP contribution in [0.15, 0.2) is 53.7 Å². The van der Waals surface area contributed by atoms with Gasteiger partial charge in [-0.1, -0.05) is 6.07 Å². The van der Waals surface area contributed by atoms with Crippen molar-refractivity contribution in [2.24, 2.45) is 0 Å². The number of hydrogen-bond acceptors (Lipinski definition) is 5. The second-order valence-electron chi connectivity index (χ2n) is 7.58. The second kappa shape index (κ2) is 8.26. The Hall–Kier alpha value is -3.61. The molecule has 1 unspecified atom stereocenters. The molecule has 1 aliphatic carbocycles. The zero-order chi connectivity index (χ0) is 22.1. The number of Topliss-reactive ketones (excluding diaryl/α,β-unsaturated/α-hetero) is 1. The minimum absolute atomic E-state index is 0.0313. The zero-order valence-electron chi connectivity index (χ0n) is 17.4. The lowest BCUT2D eigenvalue weighted by Crippen LogP contribution is -2.40. The number of carbonyl (C=O) groups is 3. The van der Waals surface area contributed by atoms with Crippen LogP contribution in [0.3, 0.4) is 0 Å². The predicted octanol–water partition coefficient (Wildman–Crippen LogP) is 3.93. The smallest absolute Gasteiger partial charge is 0.335 e. The first-order valence-corrected chi connectivity index (χ1v) is 10.1. The number of benzene rings is 2. The summed E-state index contributed by atoms with van der Waals surface area (Å²) >= 11 is 0. The number of allylic oxidation sites excluding steroid dienone is 2. The minimum Gasteiger partial charge on any atom is -0.497 e. The minimum atomic E-state index is -1.03. The molecule has 2 aromatic rings. The molecule has 1 aliphatic heterocycles. The van der Waals surface area contributed by atoms with E-state index in [9.17, 15) is 14.4 Å². The van der Waals surface area contributed by atoms with Gasteiger partial charge in [-0.2, -0.15) is 0 Å². The molecule has 2 aromatic carbocycles. The Labute approximate surface area is 179 Å². The molecular weight excluding hydrogens is 398 g/mol. The summed E-state index contributed by atoms with van der Waals surface area (Å²) in [6.07, 6.45) is 1.82. The Morgan fingerprint density at radius 3 is 2.42 bits per heavy atom. The fourth-order valence-electron chi connectivity index (χ4n) is 4.42. The Bertz CT molecular complexity index is 1090. The van der Waals surface area contributed by atoms with Gasteiger partial charge in [0, 0.05) is 47.3 Å². The quantitative estimate of drug-likeness (QED) is 0.786. The number of carbonyl (C=O) groups excluding carboxylic acids is 2. The number of hydrogen-bond donors (Lipinski definition) is 1. The molecule has 0 aromatic heterocycles. The first-order chi connectivity index (χ1) is 14.9. The molecule has 7 heteroatoms. The SMILES string of the molecule is COc1ccc(C2CC(=O)N(c3ccc(C(=O)O)cc3)C3=C2C(=O)CCC3)c(OC)c1. The van der Waals surface area contributed by atoms with E-state index in [1.165, 1.54) is 12.1 Å². The predicted molar refractivity (Wildman–Crippen MR) is 114 cm³/mol. The monoisotopic (exact) mass is 421 g/mol. The second-order valence-corrected chi connectivity index (χ2v) is 7.58. The maximum Gasteiger partial charge on any atom is 0.335 e. The Morgan fingerprint density at radius 1 is 1.03 bits per heavy atom. The molecule has 2 aliphatic rings. The molecule has 160 valence electrons. The van der Waals surface area contributed by atoms with Gasteiger partial charge in [-0.05, 0) is 43.2 Å². The molecule has 1 atom stereocenters. The number of ketones is 1. The molecule has 1 amide bonds. The summed E-state index contributed by atoms with van der Waals surface area (Å²) < 4.78 is 10.8. The van der Waals surface area contributed by atoms with E-state index in [1.807, 2.05) is 6.07 Å². The lowest BCUT2D eigenvalue weighted by molar-refractivity contribution is -0.119. The van der Waals surface area contributed by atoms with Crippen molar-refractivity contribution in [2.75, 3.05) is 19.1 Å². The highest BCUT2D eigenvalue weighted by Gasteiger charge is 2.40.